The van der Waals surface area contributed by atoms with Gasteiger partial charge in [0.25, 0.3) is 0 Å². The maximum Gasteiger partial charge on any atom is 0.119 e. The molecule has 0 aliphatic rings. The number of hydrogen-bond donors (Lipinski definition) is 0. The van der Waals surface area contributed by atoms with Crippen LogP contribution in [0.25, 0.3) is 0 Å². The van der Waals surface area contributed by atoms with Gasteiger partial charge in [-0.05, 0) is 37.6 Å². The summed E-state index contributed by atoms with van der Waals surface area (Å²) >= 11 is 5.75. The van der Waals surface area contributed by atoms with E-state index in [1.807, 2.05) is 31.2 Å². The second kappa shape index (κ2) is 5.13. The average molecular weight is 198 g/mol. The van der Waals surface area contributed by atoms with E-state index in [1.54, 1.807) is 0 Å². The highest BCUT2D eigenvalue weighted by atomic mass is 35.5. The summed E-state index contributed by atoms with van der Waals surface area (Å²) in [5.74, 6) is 0.863. The highest BCUT2D eigenvalue weighted by Crippen LogP contribution is 2.17. The molecule has 1 atom stereocenters. The summed E-state index contributed by atoms with van der Waals surface area (Å²) in [6, 6.07) is 7.41. The lowest BCUT2D eigenvalue weighted by Crippen LogP contribution is -2.11. The summed E-state index contributed by atoms with van der Waals surface area (Å²) in [5.41, 5.74) is 0. The number of benzene rings is 1. The van der Waals surface area contributed by atoms with Gasteiger partial charge in [0.1, 0.15) is 5.75 Å². The van der Waals surface area contributed by atoms with E-state index in [9.17, 15) is 0 Å². The van der Waals surface area contributed by atoms with Crippen molar-refractivity contribution in [3.8, 4) is 5.75 Å². The summed E-state index contributed by atoms with van der Waals surface area (Å²) in [4.78, 5) is 0. The van der Waals surface area contributed by atoms with Gasteiger partial charge in [0.05, 0.1) is 6.10 Å². The van der Waals surface area contributed by atoms with Gasteiger partial charge < -0.3 is 4.74 Å². The zero-order chi connectivity index (χ0) is 9.68. The zero-order valence-corrected chi connectivity index (χ0v) is 8.71. The molecular weight excluding hydrogens is 184 g/mol. The molecule has 0 bridgehead atoms. The molecule has 0 saturated carbocycles. The van der Waals surface area contributed by atoms with Gasteiger partial charge in [-0.15, -0.1) is 0 Å². The van der Waals surface area contributed by atoms with Crippen LogP contribution in [0, 0.1) is 6.42 Å². The second-order valence-corrected chi connectivity index (χ2v) is 3.36. The summed E-state index contributed by atoms with van der Waals surface area (Å²) in [7, 11) is 0. The Morgan fingerprint density at radius 1 is 1.38 bits per heavy atom. The van der Waals surface area contributed by atoms with Crippen molar-refractivity contribution < 1.29 is 4.74 Å². The van der Waals surface area contributed by atoms with Gasteiger partial charge in [0.15, 0.2) is 0 Å². The molecule has 13 heavy (non-hydrogen) atoms. The predicted octanol–water partition coefficient (Wildman–Crippen LogP) is 3.72. The topological polar surface area (TPSA) is 9.23 Å². The first-order chi connectivity index (χ1) is 6.22. The standard InChI is InChI=1S/C11H14ClO/c1-3-4-9(2)13-11-7-5-10(12)6-8-11/h4-9H,3H2,1-2H3. The largest absolute Gasteiger partial charge is 0.490 e. The van der Waals surface area contributed by atoms with Crippen LogP contribution in [0.5, 0.6) is 5.75 Å². The normalized spacial score (nSPS) is 12.5. The molecule has 1 aromatic rings. The van der Waals surface area contributed by atoms with E-state index < -0.39 is 0 Å². The first kappa shape index (κ1) is 10.4. The van der Waals surface area contributed by atoms with Crippen LogP contribution in [0.2, 0.25) is 5.02 Å². The van der Waals surface area contributed by atoms with Gasteiger partial charge in [-0.25, -0.2) is 0 Å². The number of ether oxygens (including phenoxy) is 1. The van der Waals surface area contributed by atoms with Crippen molar-refractivity contribution >= 4 is 11.6 Å². The minimum atomic E-state index is 0.158. The van der Waals surface area contributed by atoms with Crippen LogP contribution in [0.4, 0.5) is 0 Å². The molecule has 0 aliphatic carbocycles. The fraction of sp³-hybridized carbons (Fsp3) is 0.364. The molecule has 0 N–H and O–H groups in total. The molecule has 1 nitrogen and oxygen atoms in total. The lowest BCUT2D eigenvalue weighted by atomic mass is 10.2. The highest BCUT2D eigenvalue weighted by Gasteiger charge is 2.01. The smallest absolute Gasteiger partial charge is 0.119 e. The lowest BCUT2D eigenvalue weighted by Gasteiger charge is -2.12. The Morgan fingerprint density at radius 2 is 2.00 bits per heavy atom. The Morgan fingerprint density at radius 3 is 2.54 bits per heavy atom. The fourth-order valence-electron chi connectivity index (χ4n) is 1.11. The number of rotatable bonds is 4. The minimum absolute atomic E-state index is 0.158. The van der Waals surface area contributed by atoms with Crippen molar-refractivity contribution in [1.82, 2.24) is 0 Å². The van der Waals surface area contributed by atoms with E-state index in [0.29, 0.717) is 0 Å². The van der Waals surface area contributed by atoms with Crippen molar-refractivity contribution in [3.63, 3.8) is 0 Å². The molecule has 0 spiro atoms. The van der Waals surface area contributed by atoms with Crippen LogP contribution in [0.15, 0.2) is 24.3 Å². The molecular formula is C11H14ClO. The minimum Gasteiger partial charge on any atom is -0.490 e. The summed E-state index contributed by atoms with van der Waals surface area (Å²) in [6.07, 6.45) is 3.30. The molecule has 0 amide bonds. The van der Waals surface area contributed by atoms with Gasteiger partial charge in [0.2, 0.25) is 0 Å². The highest BCUT2D eigenvalue weighted by molar-refractivity contribution is 6.30. The molecule has 0 fully saturated rings. The number of halogens is 1. The van der Waals surface area contributed by atoms with Gasteiger partial charge in [0, 0.05) is 11.4 Å². The molecule has 0 aromatic heterocycles. The van der Waals surface area contributed by atoms with Gasteiger partial charge in [-0.2, -0.15) is 0 Å². The third-order valence-electron chi connectivity index (χ3n) is 1.70. The van der Waals surface area contributed by atoms with Gasteiger partial charge in [-0.3, -0.25) is 0 Å². The molecule has 0 heterocycles. The van der Waals surface area contributed by atoms with E-state index in [2.05, 4.69) is 13.3 Å². The first-order valence-corrected chi connectivity index (χ1v) is 4.85. The van der Waals surface area contributed by atoms with Gasteiger partial charge >= 0.3 is 0 Å². The van der Waals surface area contributed by atoms with Crippen LogP contribution in [-0.4, -0.2) is 6.10 Å². The second-order valence-electron chi connectivity index (χ2n) is 2.92. The Kier molecular flexibility index (Phi) is 4.10. The maximum absolute atomic E-state index is 5.75. The summed E-state index contributed by atoms with van der Waals surface area (Å²) in [6.45, 7) is 4.12. The molecule has 1 rings (SSSR count). The van der Waals surface area contributed by atoms with Crippen LogP contribution >= 0.6 is 11.6 Å². The molecule has 2 heteroatoms. The Balaban J connectivity index is 2.49. The molecule has 0 aliphatic heterocycles. The van der Waals surface area contributed by atoms with Crippen molar-refractivity contribution in [2.75, 3.05) is 0 Å². The Labute approximate surface area is 84.7 Å². The van der Waals surface area contributed by atoms with Crippen LogP contribution in [-0.2, 0) is 0 Å². The molecule has 71 valence electrons. The zero-order valence-electron chi connectivity index (χ0n) is 7.96. The fourth-order valence-corrected chi connectivity index (χ4v) is 1.23. The molecule has 0 saturated heterocycles. The SMILES string of the molecule is CC[CH]C(C)Oc1ccc(Cl)cc1. The maximum atomic E-state index is 5.75. The van der Waals surface area contributed by atoms with E-state index in [-0.39, 0.29) is 6.10 Å². The van der Waals surface area contributed by atoms with E-state index in [4.69, 9.17) is 16.3 Å². The summed E-state index contributed by atoms with van der Waals surface area (Å²) in [5, 5.41) is 0.736. The quantitative estimate of drug-likeness (QED) is 0.715. The predicted molar refractivity (Wildman–Crippen MR) is 56.1 cm³/mol. The van der Waals surface area contributed by atoms with E-state index in [1.165, 1.54) is 0 Å². The third kappa shape index (κ3) is 3.69. The van der Waals surface area contributed by atoms with E-state index >= 15 is 0 Å². The van der Waals surface area contributed by atoms with E-state index in [0.717, 1.165) is 17.2 Å². The van der Waals surface area contributed by atoms with Crippen LogP contribution in [0.3, 0.4) is 0 Å². The molecule has 1 aromatic carbocycles. The van der Waals surface area contributed by atoms with Gasteiger partial charge in [-0.1, -0.05) is 18.5 Å². The lowest BCUT2D eigenvalue weighted by molar-refractivity contribution is 0.250. The monoisotopic (exact) mass is 197 g/mol. The van der Waals surface area contributed by atoms with Crippen molar-refractivity contribution in [2.45, 2.75) is 26.4 Å². The molecule has 1 unspecified atom stereocenters. The van der Waals surface area contributed by atoms with Crippen LogP contribution < -0.4 is 4.74 Å². The summed E-state index contributed by atoms with van der Waals surface area (Å²) < 4.78 is 5.60. The van der Waals surface area contributed by atoms with Crippen LogP contribution in [0.1, 0.15) is 20.3 Å². The third-order valence-corrected chi connectivity index (χ3v) is 1.96. The van der Waals surface area contributed by atoms with Crippen molar-refractivity contribution in [1.29, 1.82) is 0 Å². The first-order valence-electron chi connectivity index (χ1n) is 4.48. The number of hydrogen-bond acceptors (Lipinski definition) is 1. The van der Waals surface area contributed by atoms with Crippen molar-refractivity contribution in [3.05, 3.63) is 35.7 Å². The van der Waals surface area contributed by atoms with Crippen molar-refractivity contribution in [2.24, 2.45) is 0 Å². The Hall–Kier alpha value is -0.690. The Bertz CT molecular complexity index is 243. The average Bonchev–Trinajstić information content (AvgIpc) is 2.09. The molecule has 1 radical (unpaired) electrons.